The van der Waals surface area contributed by atoms with Gasteiger partial charge in [0.2, 0.25) is 0 Å². The summed E-state index contributed by atoms with van der Waals surface area (Å²) in [7, 11) is 0. The topological polar surface area (TPSA) is 33.3 Å². The lowest BCUT2D eigenvalue weighted by Crippen LogP contribution is -2.53. The lowest BCUT2D eigenvalue weighted by atomic mass is 9.55. The fourth-order valence-corrected chi connectivity index (χ4v) is 16.1. The Morgan fingerprint density at radius 1 is 0.766 bits per heavy atom. The molecular weight excluding hydrogens is 777 g/mol. The number of nitrogens with one attached hydrogen (secondary N) is 2. The second-order valence-electron chi connectivity index (χ2n) is 22.7. The van der Waals surface area contributed by atoms with Gasteiger partial charge in [-0.15, -0.1) is 0 Å². The summed E-state index contributed by atoms with van der Waals surface area (Å²) >= 11 is 0. The Labute approximate surface area is 383 Å². The van der Waals surface area contributed by atoms with Crippen molar-refractivity contribution in [3.8, 4) is 0 Å². The lowest BCUT2D eigenvalue weighted by molar-refractivity contribution is 0.0705. The average Bonchev–Trinajstić information content (AvgIpc) is 3.93. The zero-order valence-corrected chi connectivity index (χ0v) is 38.6. The largest absolute Gasteiger partial charge is 0.486 e. The van der Waals surface area contributed by atoms with Crippen LogP contribution in [0.25, 0.3) is 5.57 Å². The molecule has 3 nitrogen and oxygen atoms in total. The highest BCUT2D eigenvalue weighted by atomic mass is 16.5. The van der Waals surface area contributed by atoms with E-state index in [1.165, 1.54) is 123 Å². The van der Waals surface area contributed by atoms with Crippen LogP contribution in [-0.4, -0.2) is 18.3 Å². The lowest BCUT2D eigenvalue weighted by Gasteiger charge is -2.48. The number of fused-ring (bicyclic) bond motifs is 10. The van der Waals surface area contributed by atoms with Gasteiger partial charge >= 0.3 is 0 Å². The number of hydrogen-bond acceptors (Lipinski definition) is 3. The molecule has 11 aliphatic rings. The highest BCUT2D eigenvalue weighted by molar-refractivity contribution is 5.71. The van der Waals surface area contributed by atoms with Crippen LogP contribution in [0, 0.1) is 35.0 Å². The molecule has 2 saturated carbocycles. The number of ether oxygens (including phenoxy) is 1. The third-order valence-corrected chi connectivity index (χ3v) is 19.2. The van der Waals surface area contributed by atoms with Crippen molar-refractivity contribution < 1.29 is 4.74 Å². The van der Waals surface area contributed by atoms with Crippen LogP contribution in [0.5, 0.6) is 0 Å². The zero-order chi connectivity index (χ0) is 42.6. The highest BCUT2D eigenvalue weighted by Crippen LogP contribution is 2.69. The summed E-state index contributed by atoms with van der Waals surface area (Å²) in [5, 5.41) is 8.15. The first-order valence-electron chi connectivity index (χ1n) is 26.1. The van der Waals surface area contributed by atoms with E-state index in [-0.39, 0.29) is 23.7 Å². The fourth-order valence-electron chi connectivity index (χ4n) is 16.1. The van der Waals surface area contributed by atoms with E-state index in [1.54, 1.807) is 16.7 Å². The summed E-state index contributed by atoms with van der Waals surface area (Å²) < 4.78 is 6.59. The Bertz CT molecular complexity index is 2520. The van der Waals surface area contributed by atoms with Crippen molar-refractivity contribution in [2.75, 3.05) is 0 Å². The molecule has 1 saturated heterocycles. The van der Waals surface area contributed by atoms with Crippen LogP contribution < -0.4 is 10.6 Å². The number of benzene rings is 2. The van der Waals surface area contributed by atoms with Crippen LogP contribution in [0.15, 0.2) is 149 Å². The molecule has 3 fully saturated rings. The van der Waals surface area contributed by atoms with E-state index in [0.29, 0.717) is 23.2 Å². The first-order valence-corrected chi connectivity index (χ1v) is 26.1. The second kappa shape index (κ2) is 15.6. The number of hydrogen-bond donors (Lipinski definition) is 2. The summed E-state index contributed by atoms with van der Waals surface area (Å²) in [6.07, 6.45) is 46.9. The van der Waals surface area contributed by atoms with Gasteiger partial charge in [0.1, 0.15) is 11.9 Å². The van der Waals surface area contributed by atoms with Crippen LogP contribution in [-0.2, 0) is 10.2 Å². The monoisotopic (exact) mass is 847 g/mol. The molecule has 0 aromatic heterocycles. The molecule has 2 aliphatic heterocycles. The van der Waals surface area contributed by atoms with E-state index >= 15 is 0 Å². The van der Waals surface area contributed by atoms with Crippen molar-refractivity contribution in [3.05, 3.63) is 171 Å². The standard InChI is InChI=1S/C61H70N2O/c1-60(2)51-28-26-42(33-48(51)50-36-54-49(35-53(50)60)45-21-7-9-23-52(45)61(54)29-11-4-12-30-61)40-18-13-17-39(31-40)41-19-14-20-43(32-41)55-37-56(63-59(62-55)38-15-5-3-6-16-38)44-25-27-47-46-22-8-10-24-57(46)64-58(47)34-44/h7,9-10,13,15,17-18,20-21,23-24,26-28,31-32,34,37,42,44,46,49-50,53-55,57,59,62-63H,3-6,8,11-12,14,16,19,22,25,29-30,33,35-36H2,1-2H3. The van der Waals surface area contributed by atoms with Crippen LogP contribution >= 0.6 is 0 Å². The molecular formula is C61H70N2O. The van der Waals surface area contributed by atoms with Gasteiger partial charge < -0.3 is 10.1 Å². The summed E-state index contributed by atoms with van der Waals surface area (Å²) in [6, 6.07) is 19.7. The maximum absolute atomic E-state index is 6.59. The van der Waals surface area contributed by atoms with E-state index < -0.39 is 0 Å². The predicted octanol–water partition coefficient (Wildman–Crippen LogP) is 14.3. The Balaban J connectivity index is 0.763. The van der Waals surface area contributed by atoms with E-state index in [9.17, 15) is 0 Å². The zero-order valence-electron chi connectivity index (χ0n) is 38.6. The third-order valence-electron chi connectivity index (χ3n) is 19.2. The molecule has 2 aromatic carbocycles. The molecule has 2 heterocycles. The molecule has 13 rings (SSSR count). The average molecular weight is 847 g/mol. The Morgan fingerprint density at radius 3 is 2.58 bits per heavy atom. The molecule has 64 heavy (non-hydrogen) atoms. The minimum absolute atomic E-state index is 0.164. The van der Waals surface area contributed by atoms with Crippen LogP contribution in [0.4, 0.5) is 0 Å². The van der Waals surface area contributed by atoms with Crippen LogP contribution in [0.3, 0.4) is 0 Å². The van der Waals surface area contributed by atoms with Gasteiger partial charge in [0, 0.05) is 23.5 Å². The predicted molar refractivity (Wildman–Crippen MR) is 262 cm³/mol. The van der Waals surface area contributed by atoms with Gasteiger partial charge in [-0.3, -0.25) is 5.32 Å². The van der Waals surface area contributed by atoms with E-state index in [0.717, 1.165) is 55.1 Å². The molecule has 0 bridgehead atoms. The van der Waals surface area contributed by atoms with Crippen molar-refractivity contribution in [2.45, 2.75) is 159 Å². The summed E-state index contributed by atoms with van der Waals surface area (Å²) in [5.74, 6) is 5.44. The maximum Gasteiger partial charge on any atom is 0.124 e. The quantitative estimate of drug-likeness (QED) is 0.294. The molecule has 3 heteroatoms. The Morgan fingerprint density at radius 2 is 1.67 bits per heavy atom. The normalized spacial score (nSPS) is 36.3. The smallest absolute Gasteiger partial charge is 0.124 e. The second-order valence-corrected chi connectivity index (χ2v) is 22.7. The van der Waals surface area contributed by atoms with Gasteiger partial charge in [-0.1, -0.05) is 130 Å². The minimum atomic E-state index is 0.164. The third kappa shape index (κ3) is 6.43. The van der Waals surface area contributed by atoms with Crippen molar-refractivity contribution in [2.24, 2.45) is 35.0 Å². The van der Waals surface area contributed by atoms with Gasteiger partial charge in [-0.25, -0.2) is 0 Å². The number of rotatable bonds is 5. The minimum Gasteiger partial charge on any atom is -0.486 e. The van der Waals surface area contributed by atoms with E-state index in [1.807, 2.05) is 5.57 Å². The van der Waals surface area contributed by atoms with E-state index in [4.69, 9.17) is 4.74 Å². The molecule has 10 atom stereocenters. The van der Waals surface area contributed by atoms with Gasteiger partial charge in [-0.05, 0) is 193 Å². The molecule has 0 radical (unpaired) electrons. The van der Waals surface area contributed by atoms with Crippen molar-refractivity contribution >= 4 is 5.57 Å². The van der Waals surface area contributed by atoms with E-state index in [2.05, 4.69) is 134 Å². The summed E-state index contributed by atoms with van der Waals surface area (Å²) in [5.41, 5.74) is 17.8. The van der Waals surface area contributed by atoms with Gasteiger partial charge in [0.05, 0.1) is 12.2 Å². The molecule has 0 amide bonds. The molecule has 10 unspecified atom stereocenters. The van der Waals surface area contributed by atoms with Gasteiger partial charge in [0.15, 0.2) is 0 Å². The molecule has 330 valence electrons. The first-order chi connectivity index (χ1) is 31.4. The number of allylic oxidation sites excluding steroid dienone is 11. The first kappa shape index (κ1) is 40.0. The SMILES string of the molecule is CC1(C)C2=C(CC(c3cccc(C4=CC(C5C=C(C6C=C7OC8C=CCCC8C7=CC6)NC(C6=CCCCC6)N5)=CCC4)c3)C=C2)C2CC3C(CC21)c1ccccc1C31CCCCC1. The summed E-state index contributed by atoms with van der Waals surface area (Å²) in [4.78, 5) is 0. The highest BCUT2D eigenvalue weighted by Gasteiger charge is 2.60. The van der Waals surface area contributed by atoms with Crippen LogP contribution in [0.1, 0.15) is 157 Å². The van der Waals surface area contributed by atoms with Gasteiger partial charge in [0.25, 0.3) is 0 Å². The summed E-state index contributed by atoms with van der Waals surface area (Å²) in [6.45, 7) is 5.21. The Hall–Kier alpha value is -4.34. The fraction of sp³-hybridized carbons (Fsp3) is 0.508. The molecule has 2 aromatic rings. The van der Waals surface area contributed by atoms with Crippen molar-refractivity contribution in [1.82, 2.24) is 10.6 Å². The molecule has 2 N–H and O–H groups in total. The molecule has 9 aliphatic carbocycles. The molecule has 1 spiro atoms. The van der Waals surface area contributed by atoms with Crippen LogP contribution in [0.2, 0.25) is 0 Å². The maximum atomic E-state index is 6.59. The Kier molecular flexibility index (Phi) is 9.77. The van der Waals surface area contributed by atoms with Crippen molar-refractivity contribution in [1.29, 1.82) is 0 Å². The van der Waals surface area contributed by atoms with Gasteiger partial charge in [-0.2, -0.15) is 0 Å². The van der Waals surface area contributed by atoms with Crippen molar-refractivity contribution in [3.63, 3.8) is 0 Å².